The first kappa shape index (κ1) is 23.5. The number of carbonyl (C=O) groups excluding carboxylic acids is 2. The Balaban J connectivity index is 1.58. The molecule has 2 amide bonds. The minimum Gasteiger partial charge on any atom is -0.494 e. The summed E-state index contributed by atoms with van der Waals surface area (Å²) < 4.78 is 5.76. The van der Waals surface area contributed by atoms with Gasteiger partial charge in [-0.2, -0.15) is 10.2 Å². The van der Waals surface area contributed by atoms with Crippen molar-refractivity contribution in [2.24, 2.45) is 22.0 Å². The van der Waals surface area contributed by atoms with Crippen molar-refractivity contribution in [3.63, 3.8) is 0 Å². The molecular formula is C29H28N4O3. The molecule has 182 valence electrons. The maximum Gasteiger partial charge on any atom is 0.256 e. The molecule has 36 heavy (non-hydrogen) atoms. The Hall–Kier alpha value is -4.26. The smallest absolute Gasteiger partial charge is 0.256 e. The lowest BCUT2D eigenvalue weighted by atomic mass is 9.73. The molecule has 0 saturated heterocycles. The molecule has 3 aromatic carbocycles. The van der Waals surface area contributed by atoms with Crippen LogP contribution >= 0.6 is 0 Å². The number of anilines is 2. The van der Waals surface area contributed by atoms with Gasteiger partial charge in [-0.1, -0.05) is 48.5 Å². The van der Waals surface area contributed by atoms with Crippen LogP contribution in [0.15, 0.2) is 95.1 Å². The van der Waals surface area contributed by atoms with Crippen LogP contribution in [0.5, 0.6) is 5.75 Å². The molecule has 2 atom stereocenters. The predicted molar refractivity (Wildman–Crippen MR) is 141 cm³/mol. The number of para-hydroxylation sites is 2. The van der Waals surface area contributed by atoms with Gasteiger partial charge in [0.05, 0.1) is 29.8 Å². The van der Waals surface area contributed by atoms with Crippen LogP contribution in [-0.2, 0) is 9.59 Å². The Morgan fingerprint density at radius 2 is 1.25 bits per heavy atom. The largest absolute Gasteiger partial charge is 0.494 e. The first-order valence-electron chi connectivity index (χ1n) is 12.1. The SMILES string of the molecule is CCOc1cccc(C(C2C(=O)N(c3ccccc3)N=C2C)C2C(=O)N(c3ccccc3)N=C2C)c1. The van der Waals surface area contributed by atoms with E-state index >= 15 is 0 Å². The average molecular weight is 481 g/mol. The van der Waals surface area contributed by atoms with Gasteiger partial charge in [-0.25, -0.2) is 10.0 Å². The van der Waals surface area contributed by atoms with Crippen LogP contribution in [-0.4, -0.2) is 29.8 Å². The van der Waals surface area contributed by atoms with Crippen LogP contribution < -0.4 is 14.8 Å². The van der Waals surface area contributed by atoms with Gasteiger partial charge in [-0.05, 0) is 62.7 Å². The van der Waals surface area contributed by atoms with Gasteiger partial charge in [-0.3, -0.25) is 9.59 Å². The van der Waals surface area contributed by atoms with Crippen molar-refractivity contribution in [2.45, 2.75) is 26.7 Å². The topological polar surface area (TPSA) is 74.6 Å². The van der Waals surface area contributed by atoms with Gasteiger partial charge in [0.1, 0.15) is 5.75 Å². The molecule has 2 heterocycles. The second-order valence-corrected chi connectivity index (χ2v) is 8.94. The molecular weight excluding hydrogens is 452 g/mol. The third-order valence-electron chi connectivity index (χ3n) is 6.64. The highest BCUT2D eigenvalue weighted by molar-refractivity contribution is 6.19. The molecule has 3 aromatic rings. The maximum absolute atomic E-state index is 13.9. The average Bonchev–Trinajstić information content (AvgIpc) is 3.36. The lowest BCUT2D eigenvalue weighted by Crippen LogP contribution is -2.40. The summed E-state index contributed by atoms with van der Waals surface area (Å²) in [5.74, 6) is -1.39. The highest BCUT2D eigenvalue weighted by Gasteiger charge is 2.50. The number of hydrazone groups is 2. The minimum atomic E-state index is -0.628. The molecule has 0 radical (unpaired) electrons. The number of benzene rings is 3. The van der Waals surface area contributed by atoms with Crippen molar-refractivity contribution in [1.82, 2.24) is 0 Å². The zero-order chi connectivity index (χ0) is 25.2. The molecule has 0 saturated carbocycles. The number of carbonyl (C=O) groups is 2. The van der Waals surface area contributed by atoms with E-state index < -0.39 is 17.8 Å². The van der Waals surface area contributed by atoms with Crippen molar-refractivity contribution in [3.8, 4) is 5.75 Å². The predicted octanol–water partition coefficient (Wildman–Crippen LogP) is 5.25. The molecule has 0 fully saturated rings. The van der Waals surface area contributed by atoms with E-state index in [9.17, 15) is 9.59 Å². The van der Waals surface area contributed by atoms with Crippen LogP contribution in [0.4, 0.5) is 11.4 Å². The Labute approximate surface area is 210 Å². The first-order chi connectivity index (χ1) is 17.5. The molecule has 2 unspecified atom stereocenters. The van der Waals surface area contributed by atoms with Crippen molar-refractivity contribution in [3.05, 3.63) is 90.5 Å². The Morgan fingerprint density at radius 1 is 0.750 bits per heavy atom. The molecule has 0 spiro atoms. The number of rotatable bonds is 7. The highest BCUT2D eigenvalue weighted by atomic mass is 16.5. The van der Waals surface area contributed by atoms with Crippen molar-refractivity contribution in [1.29, 1.82) is 0 Å². The fourth-order valence-corrected chi connectivity index (χ4v) is 5.05. The summed E-state index contributed by atoms with van der Waals surface area (Å²) >= 11 is 0. The molecule has 7 heteroatoms. The fraction of sp³-hybridized carbons (Fsp3) is 0.241. The summed E-state index contributed by atoms with van der Waals surface area (Å²) in [5, 5.41) is 12.1. The van der Waals surface area contributed by atoms with Crippen LogP contribution in [0.1, 0.15) is 32.3 Å². The lowest BCUT2D eigenvalue weighted by molar-refractivity contribution is -0.122. The summed E-state index contributed by atoms with van der Waals surface area (Å²) in [4.78, 5) is 27.8. The summed E-state index contributed by atoms with van der Waals surface area (Å²) in [6.45, 7) is 6.15. The van der Waals surface area contributed by atoms with Gasteiger partial charge in [0, 0.05) is 17.3 Å². The molecule has 7 nitrogen and oxygen atoms in total. The van der Waals surface area contributed by atoms with Gasteiger partial charge in [0.25, 0.3) is 11.8 Å². The van der Waals surface area contributed by atoms with E-state index in [1.807, 2.05) is 106 Å². The Morgan fingerprint density at radius 3 is 1.72 bits per heavy atom. The zero-order valence-electron chi connectivity index (χ0n) is 20.5. The molecule has 0 aromatic heterocycles. The van der Waals surface area contributed by atoms with Gasteiger partial charge in [-0.15, -0.1) is 0 Å². The van der Waals surface area contributed by atoms with E-state index in [2.05, 4.69) is 10.2 Å². The van der Waals surface area contributed by atoms with E-state index in [4.69, 9.17) is 4.74 Å². The maximum atomic E-state index is 13.9. The number of hydrogen-bond acceptors (Lipinski definition) is 5. The molecule has 2 aliphatic rings. The molecule has 0 aliphatic carbocycles. The van der Waals surface area contributed by atoms with Crippen LogP contribution in [0.2, 0.25) is 0 Å². The molecule has 0 N–H and O–H groups in total. The first-order valence-corrected chi connectivity index (χ1v) is 12.1. The normalized spacial score (nSPS) is 20.4. The van der Waals surface area contributed by atoms with E-state index in [0.717, 1.165) is 5.56 Å². The molecule has 0 bridgehead atoms. The lowest BCUT2D eigenvalue weighted by Gasteiger charge is -2.29. The number of nitrogens with zero attached hydrogens (tertiary/aromatic N) is 4. The van der Waals surface area contributed by atoms with Crippen molar-refractivity contribution >= 4 is 34.6 Å². The number of ether oxygens (including phenoxy) is 1. The third-order valence-corrected chi connectivity index (χ3v) is 6.64. The van der Waals surface area contributed by atoms with Gasteiger partial charge in [0.2, 0.25) is 0 Å². The number of amides is 2. The van der Waals surface area contributed by atoms with Gasteiger partial charge >= 0.3 is 0 Å². The van der Waals surface area contributed by atoms with E-state index in [1.54, 1.807) is 0 Å². The Bertz CT molecular complexity index is 1260. The van der Waals surface area contributed by atoms with Crippen LogP contribution in [0.25, 0.3) is 0 Å². The fourth-order valence-electron chi connectivity index (χ4n) is 5.05. The zero-order valence-corrected chi connectivity index (χ0v) is 20.5. The summed E-state index contributed by atoms with van der Waals surface area (Å²) in [6, 6.07) is 26.4. The van der Waals surface area contributed by atoms with Gasteiger partial charge in [0.15, 0.2) is 0 Å². The quantitative estimate of drug-likeness (QED) is 0.464. The molecule has 2 aliphatic heterocycles. The summed E-state index contributed by atoms with van der Waals surface area (Å²) in [5.41, 5.74) is 3.55. The summed E-state index contributed by atoms with van der Waals surface area (Å²) in [7, 11) is 0. The second kappa shape index (κ2) is 9.77. The van der Waals surface area contributed by atoms with E-state index in [0.29, 0.717) is 35.2 Å². The van der Waals surface area contributed by atoms with E-state index in [-0.39, 0.29) is 11.8 Å². The van der Waals surface area contributed by atoms with Crippen LogP contribution in [0, 0.1) is 11.8 Å². The van der Waals surface area contributed by atoms with E-state index in [1.165, 1.54) is 10.0 Å². The standard InChI is InChI=1S/C29H28N4O3/c1-4-36-24-17-11-12-21(18-24)27(25-19(2)30-32(28(25)34)22-13-7-5-8-14-22)26-20(3)31-33(29(26)35)23-15-9-6-10-16-23/h5-18,25-27H,4H2,1-3H3. The number of hydrogen-bond donors (Lipinski definition) is 0. The molecule has 5 rings (SSSR count). The Kier molecular flexibility index (Phi) is 6.38. The summed E-state index contributed by atoms with van der Waals surface area (Å²) in [6.07, 6.45) is 0. The highest BCUT2D eigenvalue weighted by Crippen LogP contribution is 2.43. The monoisotopic (exact) mass is 480 g/mol. The van der Waals surface area contributed by atoms with Crippen LogP contribution in [0.3, 0.4) is 0 Å². The minimum absolute atomic E-state index is 0.163. The van der Waals surface area contributed by atoms with Crippen molar-refractivity contribution in [2.75, 3.05) is 16.6 Å². The third kappa shape index (κ3) is 4.17. The van der Waals surface area contributed by atoms with Crippen molar-refractivity contribution < 1.29 is 14.3 Å². The van der Waals surface area contributed by atoms with Gasteiger partial charge < -0.3 is 4.74 Å². The second-order valence-electron chi connectivity index (χ2n) is 8.94.